The number of benzene rings is 1. The summed E-state index contributed by atoms with van der Waals surface area (Å²) in [5.41, 5.74) is 1.14. The first-order valence-corrected chi connectivity index (χ1v) is 7.44. The largest absolute Gasteiger partial charge is 0.355 e. The summed E-state index contributed by atoms with van der Waals surface area (Å²) in [6.07, 6.45) is 4.47. The van der Waals surface area contributed by atoms with Crippen LogP contribution >= 0.6 is 0 Å². The Morgan fingerprint density at radius 1 is 1.29 bits per heavy atom. The van der Waals surface area contributed by atoms with Crippen LogP contribution in [0.4, 0.5) is 0 Å². The summed E-state index contributed by atoms with van der Waals surface area (Å²) in [6.45, 7) is 0.569. The lowest BCUT2D eigenvalue weighted by Gasteiger charge is -2.23. The molecule has 110 valence electrons. The summed E-state index contributed by atoms with van der Waals surface area (Å²) in [6, 6.07) is 10.0. The van der Waals surface area contributed by atoms with Gasteiger partial charge in [-0.05, 0) is 18.4 Å². The van der Waals surface area contributed by atoms with Crippen molar-refractivity contribution in [2.75, 3.05) is 6.54 Å². The maximum absolute atomic E-state index is 11.7. The Labute approximate surface area is 123 Å². The molecule has 1 N–H and O–H groups in total. The summed E-state index contributed by atoms with van der Waals surface area (Å²) in [4.78, 5) is 16.0. The van der Waals surface area contributed by atoms with E-state index < -0.39 is 0 Å². The first-order chi connectivity index (χ1) is 10.3. The molecule has 0 atom stereocenters. The Hall–Kier alpha value is -2.17. The van der Waals surface area contributed by atoms with Gasteiger partial charge < -0.3 is 9.84 Å². The van der Waals surface area contributed by atoms with Crippen molar-refractivity contribution < 1.29 is 9.32 Å². The van der Waals surface area contributed by atoms with Gasteiger partial charge in [-0.3, -0.25) is 4.79 Å². The second-order valence-corrected chi connectivity index (χ2v) is 5.44. The quantitative estimate of drug-likeness (QED) is 0.882. The third-order valence-corrected chi connectivity index (χ3v) is 3.83. The Balaban J connectivity index is 1.45. The van der Waals surface area contributed by atoms with Crippen LogP contribution in [0.2, 0.25) is 0 Å². The van der Waals surface area contributed by atoms with Gasteiger partial charge in [0, 0.05) is 18.9 Å². The number of carbonyl (C=O) groups is 1. The van der Waals surface area contributed by atoms with Crippen molar-refractivity contribution in [1.29, 1.82) is 0 Å². The van der Waals surface area contributed by atoms with Crippen LogP contribution in [0.3, 0.4) is 0 Å². The minimum atomic E-state index is 0.161. The van der Waals surface area contributed by atoms with Crippen LogP contribution in [-0.2, 0) is 17.6 Å². The second-order valence-electron chi connectivity index (χ2n) is 5.44. The van der Waals surface area contributed by atoms with Crippen LogP contribution in [0, 0.1) is 5.92 Å². The SMILES string of the molecule is O=C(NCCc1noc(Cc2ccccc2)n1)C1CCC1. The first-order valence-electron chi connectivity index (χ1n) is 7.44. The van der Waals surface area contributed by atoms with Crippen LogP contribution in [0.1, 0.15) is 36.5 Å². The predicted molar refractivity (Wildman–Crippen MR) is 77.6 cm³/mol. The average Bonchev–Trinajstić information content (AvgIpc) is 2.85. The van der Waals surface area contributed by atoms with Gasteiger partial charge in [0.25, 0.3) is 0 Å². The number of nitrogens with one attached hydrogen (secondary N) is 1. The molecule has 1 saturated carbocycles. The van der Waals surface area contributed by atoms with E-state index in [1.807, 2.05) is 30.3 Å². The van der Waals surface area contributed by atoms with Crippen molar-refractivity contribution in [2.45, 2.75) is 32.1 Å². The third-order valence-electron chi connectivity index (χ3n) is 3.83. The van der Waals surface area contributed by atoms with Gasteiger partial charge in [-0.2, -0.15) is 4.98 Å². The predicted octanol–water partition coefficient (Wildman–Crippen LogP) is 2.12. The second kappa shape index (κ2) is 6.52. The number of amides is 1. The normalized spacial score (nSPS) is 14.7. The van der Waals surface area contributed by atoms with Crippen molar-refractivity contribution in [3.8, 4) is 0 Å². The van der Waals surface area contributed by atoms with E-state index in [0.717, 1.165) is 18.4 Å². The van der Waals surface area contributed by atoms with Gasteiger partial charge in [0.2, 0.25) is 11.8 Å². The highest BCUT2D eigenvalue weighted by Crippen LogP contribution is 2.26. The molecule has 1 aromatic heterocycles. The molecule has 21 heavy (non-hydrogen) atoms. The molecule has 0 spiro atoms. The molecule has 1 amide bonds. The Bertz CT molecular complexity index is 591. The molecule has 3 rings (SSSR count). The highest BCUT2D eigenvalue weighted by atomic mass is 16.5. The summed E-state index contributed by atoms with van der Waals surface area (Å²) in [5, 5.41) is 6.88. The molecule has 0 aliphatic heterocycles. The van der Waals surface area contributed by atoms with E-state index in [1.165, 1.54) is 6.42 Å². The zero-order valence-electron chi connectivity index (χ0n) is 11.9. The van der Waals surface area contributed by atoms with E-state index >= 15 is 0 Å². The Kier molecular flexibility index (Phi) is 4.28. The molecule has 1 heterocycles. The van der Waals surface area contributed by atoms with Crippen molar-refractivity contribution in [3.63, 3.8) is 0 Å². The Morgan fingerprint density at radius 3 is 2.81 bits per heavy atom. The highest BCUT2D eigenvalue weighted by molar-refractivity contribution is 5.79. The van der Waals surface area contributed by atoms with Gasteiger partial charge in [-0.1, -0.05) is 41.9 Å². The maximum atomic E-state index is 11.7. The maximum Gasteiger partial charge on any atom is 0.231 e. The van der Waals surface area contributed by atoms with Gasteiger partial charge in [-0.25, -0.2) is 0 Å². The number of nitrogens with zero attached hydrogens (tertiary/aromatic N) is 2. The minimum absolute atomic E-state index is 0.161. The molecule has 1 fully saturated rings. The molecule has 2 aromatic rings. The molecule has 5 heteroatoms. The summed E-state index contributed by atoms with van der Waals surface area (Å²) < 4.78 is 5.23. The molecule has 1 aliphatic rings. The molecular formula is C16H19N3O2. The number of hydrogen-bond donors (Lipinski definition) is 1. The van der Waals surface area contributed by atoms with E-state index in [0.29, 0.717) is 31.1 Å². The van der Waals surface area contributed by atoms with Crippen LogP contribution < -0.4 is 5.32 Å². The molecule has 0 radical (unpaired) electrons. The lowest BCUT2D eigenvalue weighted by molar-refractivity contribution is -0.127. The average molecular weight is 285 g/mol. The zero-order valence-corrected chi connectivity index (χ0v) is 11.9. The molecule has 0 unspecified atom stereocenters. The summed E-state index contributed by atoms with van der Waals surface area (Å²) >= 11 is 0. The monoisotopic (exact) mass is 285 g/mol. The van der Waals surface area contributed by atoms with Crippen LogP contribution in [0.15, 0.2) is 34.9 Å². The molecule has 0 bridgehead atoms. The highest BCUT2D eigenvalue weighted by Gasteiger charge is 2.24. The fraction of sp³-hybridized carbons (Fsp3) is 0.438. The first kappa shape index (κ1) is 13.8. The number of hydrogen-bond acceptors (Lipinski definition) is 4. The van der Waals surface area contributed by atoms with Crippen molar-refractivity contribution in [2.24, 2.45) is 5.92 Å². The van der Waals surface area contributed by atoms with E-state index in [1.54, 1.807) is 0 Å². The lowest BCUT2D eigenvalue weighted by atomic mass is 9.85. The third kappa shape index (κ3) is 3.68. The molecule has 5 nitrogen and oxygen atoms in total. The van der Waals surface area contributed by atoms with E-state index in [9.17, 15) is 4.79 Å². The number of rotatable bonds is 6. The van der Waals surface area contributed by atoms with Crippen molar-refractivity contribution in [3.05, 3.63) is 47.6 Å². The zero-order chi connectivity index (χ0) is 14.5. The topological polar surface area (TPSA) is 68.0 Å². The Morgan fingerprint density at radius 2 is 2.10 bits per heavy atom. The van der Waals surface area contributed by atoms with Crippen LogP contribution in [0.5, 0.6) is 0 Å². The van der Waals surface area contributed by atoms with Crippen LogP contribution in [-0.4, -0.2) is 22.6 Å². The molecule has 0 saturated heterocycles. The lowest BCUT2D eigenvalue weighted by Crippen LogP contribution is -2.35. The van der Waals surface area contributed by atoms with Gasteiger partial charge in [-0.15, -0.1) is 0 Å². The van der Waals surface area contributed by atoms with E-state index in [-0.39, 0.29) is 11.8 Å². The van der Waals surface area contributed by atoms with Gasteiger partial charge in [0.15, 0.2) is 5.82 Å². The number of aromatic nitrogens is 2. The molecule has 1 aromatic carbocycles. The summed E-state index contributed by atoms with van der Waals surface area (Å²) in [7, 11) is 0. The molecule has 1 aliphatic carbocycles. The van der Waals surface area contributed by atoms with E-state index in [2.05, 4.69) is 15.5 Å². The van der Waals surface area contributed by atoms with E-state index in [4.69, 9.17) is 4.52 Å². The summed E-state index contributed by atoms with van der Waals surface area (Å²) in [5.74, 6) is 1.65. The van der Waals surface area contributed by atoms with Gasteiger partial charge in [0.05, 0.1) is 6.42 Å². The van der Waals surface area contributed by atoms with Crippen LogP contribution in [0.25, 0.3) is 0 Å². The van der Waals surface area contributed by atoms with Gasteiger partial charge in [0.1, 0.15) is 0 Å². The molecular weight excluding hydrogens is 266 g/mol. The van der Waals surface area contributed by atoms with Crippen molar-refractivity contribution >= 4 is 5.91 Å². The fourth-order valence-corrected chi connectivity index (χ4v) is 2.35. The van der Waals surface area contributed by atoms with Crippen molar-refractivity contribution in [1.82, 2.24) is 15.5 Å². The standard InChI is InChI=1S/C16H19N3O2/c20-16(13-7-4-8-13)17-10-9-14-18-15(21-19-14)11-12-5-2-1-3-6-12/h1-3,5-6,13H,4,7-11H2,(H,17,20). The van der Waals surface area contributed by atoms with Gasteiger partial charge >= 0.3 is 0 Å². The minimum Gasteiger partial charge on any atom is -0.355 e. The fourth-order valence-electron chi connectivity index (χ4n) is 2.35. The smallest absolute Gasteiger partial charge is 0.231 e. The number of carbonyl (C=O) groups excluding carboxylic acids is 1.